The van der Waals surface area contributed by atoms with Crippen LogP contribution in [0.3, 0.4) is 0 Å². The molecule has 3 unspecified atom stereocenters. The van der Waals surface area contributed by atoms with Gasteiger partial charge in [0, 0.05) is 24.9 Å². The van der Waals surface area contributed by atoms with Crippen molar-refractivity contribution < 1.29 is 24.3 Å². The number of nitrogens with two attached hydrogens (primary N) is 1. The van der Waals surface area contributed by atoms with Crippen LogP contribution < -0.4 is 16.4 Å². The fourth-order valence-electron chi connectivity index (χ4n) is 3.31. The molecule has 0 radical (unpaired) electrons. The van der Waals surface area contributed by atoms with Crippen molar-refractivity contribution in [3.8, 4) is 0 Å². The first-order valence-corrected chi connectivity index (χ1v) is 9.55. The molecule has 1 saturated heterocycles. The number of H-pyrrole nitrogens is 1. The van der Waals surface area contributed by atoms with E-state index >= 15 is 0 Å². The maximum atomic E-state index is 13.0. The van der Waals surface area contributed by atoms with Gasteiger partial charge in [0.15, 0.2) is 0 Å². The van der Waals surface area contributed by atoms with Gasteiger partial charge >= 0.3 is 5.97 Å². The second kappa shape index (κ2) is 10.0. The zero-order chi connectivity index (χ0) is 21.6. The number of carboxylic acid groups (broad SMARTS) is 1. The summed E-state index contributed by atoms with van der Waals surface area (Å²) in [7, 11) is 0. The van der Waals surface area contributed by atoms with Crippen LogP contribution in [0.2, 0.25) is 0 Å². The summed E-state index contributed by atoms with van der Waals surface area (Å²) in [6.07, 6.45) is 3.99. The van der Waals surface area contributed by atoms with Crippen molar-refractivity contribution in [2.45, 2.75) is 51.2 Å². The number of hydrogen-bond acceptors (Lipinski definition) is 6. The van der Waals surface area contributed by atoms with Crippen molar-refractivity contribution in [1.29, 1.82) is 0 Å². The third-order valence-electron chi connectivity index (χ3n) is 4.87. The number of hydrogen-bond donors (Lipinski definition) is 5. The average Bonchev–Trinajstić information content (AvgIpc) is 3.36. The number of likely N-dealkylation sites (tertiary alicyclic amines) is 1. The van der Waals surface area contributed by atoms with Crippen LogP contribution in [0.25, 0.3) is 0 Å². The van der Waals surface area contributed by atoms with E-state index in [2.05, 4.69) is 20.6 Å². The summed E-state index contributed by atoms with van der Waals surface area (Å²) in [5, 5.41) is 14.6. The molecule has 2 rings (SSSR count). The number of nitrogens with one attached hydrogen (secondary N) is 3. The molecule has 1 aromatic heterocycles. The maximum absolute atomic E-state index is 13.0. The van der Waals surface area contributed by atoms with E-state index in [0.29, 0.717) is 25.1 Å². The molecule has 29 heavy (non-hydrogen) atoms. The molecule has 6 N–H and O–H groups in total. The largest absolute Gasteiger partial charge is 0.480 e. The van der Waals surface area contributed by atoms with Gasteiger partial charge in [0.1, 0.15) is 18.1 Å². The van der Waals surface area contributed by atoms with Gasteiger partial charge in [-0.2, -0.15) is 0 Å². The number of imidazole rings is 1. The molecule has 1 aliphatic heterocycles. The SMILES string of the molecule is CC(C)C(NC(=O)CN)C(=O)N1CCCC1C(=O)NC(Cc1cnc[nH]1)C(=O)O. The lowest BCUT2D eigenvalue weighted by Crippen LogP contribution is -2.57. The van der Waals surface area contributed by atoms with E-state index in [-0.39, 0.29) is 24.8 Å². The first-order valence-electron chi connectivity index (χ1n) is 9.55. The van der Waals surface area contributed by atoms with Gasteiger partial charge in [-0.15, -0.1) is 0 Å². The van der Waals surface area contributed by atoms with Crippen LogP contribution in [0, 0.1) is 5.92 Å². The van der Waals surface area contributed by atoms with Crippen LogP contribution >= 0.6 is 0 Å². The number of aromatic amines is 1. The number of carbonyl (C=O) groups is 4. The van der Waals surface area contributed by atoms with Crippen LogP contribution in [-0.2, 0) is 25.6 Å². The van der Waals surface area contributed by atoms with Crippen LogP contribution in [0.1, 0.15) is 32.4 Å². The summed E-state index contributed by atoms with van der Waals surface area (Å²) < 4.78 is 0. The predicted octanol–water partition coefficient (Wildman–Crippen LogP) is -1.39. The quantitative estimate of drug-likeness (QED) is 0.335. The zero-order valence-electron chi connectivity index (χ0n) is 16.6. The molecule has 160 valence electrons. The van der Waals surface area contributed by atoms with Crippen molar-refractivity contribution in [2.75, 3.05) is 13.1 Å². The Balaban J connectivity index is 2.09. The molecule has 0 spiro atoms. The number of nitrogens with zero attached hydrogens (tertiary/aromatic N) is 2. The molecule has 11 nitrogen and oxygen atoms in total. The summed E-state index contributed by atoms with van der Waals surface area (Å²) in [6.45, 7) is 3.69. The molecule has 0 bridgehead atoms. The fraction of sp³-hybridized carbons (Fsp3) is 0.611. The van der Waals surface area contributed by atoms with E-state index in [9.17, 15) is 24.3 Å². The molecule has 3 atom stereocenters. The van der Waals surface area contributed by atoms with Crippen LogP contribution in [0.15, 0.2) is 12.5 Å². The van der Waals surface area contributed by atoms with E-state index in [1.807, 2.05) is 0 Å². The molecule has 1 aliphatic rings. The number of rotatable bonds is 9. The lowest BCUT2D eigenvalue weighted by Gasteiger charge is -2.31. The second-order valence-electron chi connectivity index (χ2n) is 7.36. The van der Waals surface area contributed by atoms with Crippen molar-refractivity contribution in [1.82, 2.24) is 25.5 Å². The van der Waals surface area contributed by atoms with Gasteiger partial charge < -0.3 is 31.4 Å². The highest BCUT2D eigenvalue weighted by atomic mass is 16.4. The molecule has 1 aromatic rings. The maximum Gasteiger partial charge on any atom is 0.326 e. The second-order valence-corrected chi connectivity index (χ2v) is 7.36. The number of amides is 3. The Labute approximate surface area is 168 Å². The Kier molecular flexibility index (Phi) is 7.71. The van der Waals surface area contributed by atoms with Crippen LogP contribution in [0.5, 0.6) is 0 Å². The third-order valence-corrected chi connectivity index (χ3v) is 4.87. The van der Waals surface area contributed by atoms with Gasteiger partial charge in [-0.3, -0.25) is 14.4 Å². The highest BCUT2D eigenvalue weighted by Gasteiger charge is 2.39. The van der Waals surface area contributed by atoms with Crippen LogP contribution in [-0.4, -0.2) is 74.9 Å². The molecule has 11 heteroatoms. The minimum absolute atomic E-state index is 0.0446. The topological polar surface area (TPSA) is 171 Å². The van der Waals surface area contributed by atoms with E-state index in [1.54, 1.807) is 13.8 Å². The lowest BCUT2D eigenvalue weighted by molar-refractivity contribution is -0.145. The van der Waals surface area contributed by atoms with E-state index < -0.39 is 35.9 Å². The Morgan fingerprint density at radius 2 is 2.07 bits per heavy atom. The zero-order valence-corrected chi connectivity index (χ0v) is 16.6. The number of carboxylic acids is 1. The van der Waals surface area contributed by atoms with Crippen molar-refractivity contribution in [3.05, 3.63) is 18.2 Å². The van der Waals surface area contributed by atoms with Gasteiger partial charge in [-0.1, -0.05) is 13.8 Å². The van der Waals surface area contributed by atoms with Gasteiger partial charge in [0.25, 0.3) is 0 Å². The molecule has 2 heterocycles. The number of aromatic nitrogens is 2. The number of carbonyl (C=O) groups excluding carboxylic acids is 3. The molecule has 0 aromatic carbocycles. The lowest BCUT2D eigenvalue weighted by atomic mass is 10.0. The summed E-state index contributed by atoms with van der Waals surface area (Å²) in [6, 6.07) is -2.75. The standard InChI is InChI=1S/C18H28N6O5/c1-10(2)15(23-14(25)7-19)17(27)24-5-3-4-13(24)16(26)22-12(18(28)29)6-11-8-20-9-21-11/h8-10,12-13,15H,3-7,19H2,1-2H3,(H,20,21)(H,22,26)(H,23,25)(H,28,29). The first-order chi connectivity index (χ1) is 13.7. The average molecular weight is 408 g/mol. The molecule has 1 fully saturated rings. The summed E-state index contributed by atoms with van der Waals surface area (Å²) in [4.78, 5) is 57.0. The highest BCUT2D eigenvalue weighted by Crippen LogP contribution is 2.20. The van der Waals surface area contributed by atoms with E-state index in [0.717, 1.165) is 0 Å². The minimum Gasteiger partial charge on any atom is -0.480 e. The Hall–Kier alpha value is -2.95. The van der Waals surface area contributed by atoms with Crippen molar-refractivity contribution >= 4 is 23.7 Å². The summed E-state index contributed by atoms with van der Waals surface area (Å²) in [5.41, 5.74) is 5.90. The molecular weight excluding hydrogens is 380 g/mol. The van der Waals surface area contributed by atoms with E-state index in [1.165, 1.54) is 17.4 Å². The molecule has 0 saturated carbocycles. The van der Waals surface area contributed by atoms with E-state index in [4.69, 9.17) is 5.73 Å². The molecule has 0 aliphatic carbocycles. The number of aliphatic carboxylic acids is 1. The van der Waals surface area contributed by atoms with Crippen molar-refractivity contribution in [3.63, 3.8) is 0 Å². The Bertz CT molecular complexity index is 735. The van der Waals surface area contributed by atoms with Gasteiger partial charge in [0.05, 0.1) is 12.9 Å². The van der Waals surface area contributed by atoms with Crippen molar-refractivity contribution in [2.24, 2.45) is 11.7 Å². The highest BCUT2D eigenvalue weighted by molar-refractivity contribution is 5.94. The normalized spacial score (nSPS) is 18.3. The van der Waals surface area contributed by atoms with Gasteiger partial charge in [0.2, 0.25) is 17.7 Å². The van der Waals surface area contributed by atoms with Crippen LogP contribution in [0.4, 0.5) is 0 Å². The minimum atomic E-state index is -1.18. The Morgan fingerprint density at radius 3 is 2.62 bits per heavy atom. The molecule has 3 amide bonds. The predicted molar refractivity (Wildman–Crippen MR) is 102 cm³/mol. The first kappa shape index (κ1) is 22.3. The van der Waals surface area contributed by atoms with Gasteiger partial charge in [-0.05, 0) is 18.8 Å². The third kappa shape index (κ3) is 5.76. The summed E-state index contributed by atoms with van der Waals surface area (Å²) in [5.74, 6) is -2.74. The Morgan fingerprint density at radius 1 is 1.34 bits per heavy atom. The monoisotopic (exact) mass is 408 g/mol. The summed E-state index contributed by atoms with van der Waals surface area (Å²) >= 11 is 0. The smallest absolute Gasteiger partial charge is 0.326 e. The van der Waals surface area contributed by atoms with Gasteiger partial charge in [-0.25, -0.2) is 9.78 Å². The fourth-order valence-corrected chi connectivity index (χ4v) is 3.31. The molecular formula is C18H28N6O5.